The zero-order valence-electron chi connectivity index (χ0n) is 17.5. The number of benzene rings is 2. The van der Waals surface area contributed by atoms with E-state index in [0.29, 0.717) is 47.9 Å². The van der Waals surface area contributed by atoms with Crippen molar-refractivity contribution in [2.75, 3.05) is 18.7 Å². The van der Waals surface area contributed by atoms with Gasteiger partial charge in [0.15, 0.2) is 0 Å². The first-order valence-corrected chi connectivity index (χ1v) is 10.7. The highest BCUT2D eigenvalue weighted by Gasteiger charge is 2.39. The van der Waals surface area contributed by atoms with Gasteiger partial charge in [-0.25, -0.2) is 0 Å². The van der Waals surface area contributed by atoms with Crippen LogP contribution in [0.4, 0.5) is 5.69 Å². The van der Waals surface area contributed by atoms with Crippen LogP contribution in [0.15, 0.2) is 42.5 Å². The fraction of sp³-hybridized carbons (Fsp3) is 0.375. The van der Waals surface area contributed by atoms with Crippen LogP contribution in [0.3, 0.4) is 0 Å². The second kappa shape index (κ2) is 7.81. The molecular weight excluding hydrogens is 394 g/mol. The number of nitrogens with one attached hydrogen (secondary N) is 1. The van der Waals surface area contributed by atoms with Crippen LogP contribution in [0.1, 0.15) is 52.0 Å². The van der Waals surface area contributed by atoms with E-state index in [-0.39, 0.29) is 5.91 Å². The number of nitrogens with zero attached hydrogens (tertiary/aromatic N) is 2. The topological polar surface area (TPSA) is 79.0 Å². The van der Waals surface area contributed by atoms with Gasteiger partial charge in [0.25, 0.3) is 11.7 Å². The van der Waals surface area contributed by atoms with Crippen LogP contribution in [0, 0.1) is 0 Å². The Bertz CT molecular complexity index is 1040. The van der Waals surface area contributed by atoms with Crippen LogP contribution in [0.25, 0.3) is 0 Å². The molecule has 7 heteroatoms. The number of anilines is 1. The number of hydrogen-bond acceptors (Lipinski definition) is 5. The number of hydrogen-bond donors (Lipinski definition) is 1. The maximum atomic E-state index is 12.7. The fourth-order valence-electron chi connectivity index (χ4n) is 3.95. The molecule has 31 heavy (non-hydrogen) atoms. The summed E-state index contributed by atoms with van der Waals surface area (Å²) in [6.45, 7) is 0.992. The number of ether oxygens (including phenoxy) is 1. The average molecular weight is 419 g/mol. The van der Waals surface area contributed by atoms with Crippen LogP contribution in [0.2, 0.25) is 0 Å². The Labute approximate surface area is 181 Å². The standard InChI is InChI=1S/C24H25N3O4/c1-31-19-10-11-20-21(12-19)27(24(30)22(20)28)14-26(18-8-9-18)13-15-2-4-16(5-3-15)23(29)25-17-6-7-17/h2-5,10-12,17-18H,6-9,13-14H2,1H3,(H,25,29). The Kier molecular flexibility index (Phi) is 4.98. The van der Waals surface area contributed by atoms with Crippen molar-refractivity contribution in [1.29, 1.82) is 0 Å². The first kappa shape index (κ1) is 19.8. The molecule has 0 radical (unpaired) electrons. The van der Waals surface area contributed by atoms with Crippen molar-refractivity contribution in [2.45, 2.75) is 44.3 Å². The zero-order chi connectivity index (χ0) is 21.5. The van der Waals surface area contributed by atoms with Crippen LogP contribution in [0.5, 0.6) is 5.75 Å². The van der Waals surface area contributed by atoms with Crippen molar-refractivity contribution >= 4 is 23.3 Å². The third kappa shape index (κ3) is 4.05. The quantitative estimate of drug-likeness (QED) is 0.666. The normalized spacial score (nSPS) is 17.8. The minimum atomic E-state index is -0.499. The molecule has 5 rings (SSSR count). The lowest BCUT2D eigenvalue weighted by molar-refractivity contribution is -0.114. The molecule has 0 unspecified atom stereocenters. The maximum absolute atomic E-state index is 12.7. The Morgan fingerprint density at radius 3 is 2.48 bits per heavy atom. The monoisotopic (exact) mass is 419 g/mol. The molecule has 1 aliphatic heterocycles. The molecule has 2 amide bonds. The number of carbonyl (C=O) groups is 3. The van der Waals surface area contributed by atoms with E-state index >= 15 is 0 Å². The number of Topliss-reactive ketones (excluding diaryl/α,β-unsaturated/α-hetero) is 1. The van der Waals surface area contributed by atoms with Crippen LogP contribution in [-0.2, 0) is 11.3 Å². The molecule has 160 valence electrons. The lowest BCUT2D eigenvalue weighted by Gasteiger charge is -2.28. The number of fused-ring (bicyclic) bond motifs is 1. The lowest BCUT2D eigenvalue weighted by atomic mass is 10.1. The molecule has 0 spiro atoms. The molecule has 0 saturated heterocycles. The van der Waals surface area contributed by atoms with Crippen LogP contribution >= 0.6 is 0 Å². The van der Waals surface area contributed by atoms with Crippen molar-refractivity contribution in [1.82, 2.24) is 10.2 Å². The predicted octanol–water partition coefficient (Wildman–Crippen LogP) is 2.74. The second-order valence-electron chi connectivity index (χ2n) is 8.51. The Morgan fingerprint density at radius 1 is 1.10 bits per heavy atom. The summed E-state index contributed by atoms with van der Waals surface area (Å²) < 4.78 is 5.28. The molecule has 1 N–H and O–H groups in total. The van der Waals surface area contributed by atoms with Gasteiger partial charge in [0.1, 0.15) is 5.75 Å². The molecular formula is C24H25N3O4. The second-order valence-corrected chi connectivity index (χ2v) is 8.51. The largest absolute Gasteiger partial charge is 0.497 e. The molecule has 3 aliphatic rings. The Morgan fingerprint density at radius 2 is 1.84 bits per heavy atom. The molecule has 7 nitrogen and oxygen atoms in total. The Balaban J connectivity index is 1.31. The van der Waals surface area contributed by atoms with Gasteiger partial charge in [-0.1, -0.05) is 12.1 Å². The van der Waals surface area contributed by atoms with Gasteiger partial charge in [-0.15, -0.1) is 0 Å². The van der Waals surface area contributed by atoms with E-state index in [2.05, 4.69) is 10.2 Å². The number of rotatable bonds is 8. The molecule has 2 aromatic carbocycles. The maximum Gasteiger partial charge on any atom is 0.300 e. The number of methoxy groups -OCH3 is 1. The lowest BCUT2D eigenvalue weighted by Crippen LogP contribution is -2.41. The number of carbonyl (C=O) groups excluding carboxylic acids is 3. The zero-order valence-corrected chi connectivity index (χ0v) is 17.5. The smallest absolute Gasteiger partial charge is 0.300 e. The predicted molar refractivity (Wildman–Crippen MR) is 115 cm³/mol. The van der Waals surface area contributed by atoms with Gasteiger partial charge >= 0.3 is 5.91 Å². The summed E-state index contributed by atoms with van der Waals surface area (Å²) in [5.41, 5.74) is 2.76. The molecule has 2 aliphatic carbocycles. The van der Waals surface area contributed by atoms with E-state index in [1.54, 1.807) is 30.2 Å². The average Bonchev–Trinajstić information content (AvgIpc) is 3.70. The molecule has 0 atom stereocenters. The molecule has 0 aromatic heterocycles. The summed E-state index contributed by atoms with van der Waals surface area (Å²) in [6.07, 6.45) is 4.27. The molecule has 2 saturated carbocycles. The van der Waals surface area contributed by atoms with Crippen molar-refractivity contribution in [3.8, 4) is 5.75 Å². The Hall–Kier alpha value is -3.19. The van der Waals surface area contributed by atoms with Gasteiger partial charge in [-0.2, -0.15) is 0 Å². The van der Waals surface area contributed by atoms with E-state index < -0.39 is 11.7 Å². The summed E-state index contributed by atoms with van der Waals surface area (Å²) in [7, 11) is 1.57. The van der Waals surface area contributed by atoms with Gasteiger partial charge in [-0.3, -0.25) is 24.2 Å². The van der Waals surface area contributed by atoms with Gasteiger partial charge in [0, 0.05) is 30.3 Å². The van der Waals surface area contributed by atoms with Gasteiger partial charge in [0.2, 0.25) is 0 Å². The third-order valence-electron chi connectivity index (χ3n) is 6.08. The number of amides is 2. The SMILES string of the molecule is COc1ccc2c(c1)N(CN(Cc1ccc(C(=O)NC3CC3)cc1)C1CC1)C(=O)C2=O. The molecule has 2 fully saturated rings. The molecule has 2 aromatic rings. The first-order valence-electron chi connectivity index (χ1n) is 10.7. The highest BCUT2D eigenvalue weighted by Crippen LogP contribution is 2.35. The summed E-state index contributed by atoms with van der Waals surface area (Å²) in [4.78, 5) is 41.1. The van der Waals surface area contributed by atoms with E-state index in [1.165, 1.54) is 0 Å². The van der Waals surface area contributed by atoms with Gasteiger partial charge in [-0.05, 0) is 55.5 Å². The van der Waals surface area contributed by atoms with Crippen molar-refractivity contribution in [3.05, 3.63) is 59.2 Å². The first-order chi connectivity index (χ1) is 15.0. The minimum Gasteiger partial charge on any atom is -0.497 e. The molecule has 1 heterocycles. The third-order valence-corrected chi connectivity index (χ3v) is 6.08. The summed E-state index contributed by atoms with van der Waals surface area (Å²) in [5.74, 6) is -0.385. The van der Waals surface area contributed by atoms with E-state index in [4.69, 9.17) is 4.74 Å². The minimum absolute atomic E-state index is 0.0279. The van der Waals surface area contributed by atoms with Crippen molar-refractivity contribution in [2.24, 2.45) is 0 Å². The van der Waals surface area contributed by atoms with Crippen LogP contribution < -0.4 is 15.0 Å². The van der Waals surface area contributed by atoms with Gasteiger partial charge < -0.3 is 10.1 Å². The summed E-state index contributed by atoms with van der Waals surface area (Å²) >= 11 is 0. The highest BCUT2D eigenvalue weighted by molar-refractivity contribution is 6.52. The van der Waals surface area contributed by atoms with Crippen molar-refractivity contribution < 1.29 is 19.1 Å². The van der Waals surface area contributed by atoms with E-state index in [1.807, 2.05) is 24.3 Å². The fourth-order valence-corrected chi connectivity index (χ4v) is 3.95. The highest BCUT2D eigenvalue weighted by atomic mass is 16.5. The van der Waals surface area contributed by atoms with E-state index in [9.17, 15) is 14.4 Å². The van der Waals surface area contributed by atoms with Crippen molar-refractivity contribution in [3.63, 3.8) is 0 Å². The summed E-state index contributed by atoms with van der Waals surface area (Å²) in [6, 6.07) is 13.4. The molecule has 0 bridgehead atoms. The van der Waals surface area contributed by atoms with E-state index in [0.717, 1.165) is 31.2 Å². The number of ketones is 1. The van der Waals surface area contributed by atoms with Crippen LogP contribution in [-0.4, -0.2) is 48.4 Å². The van der Waals surface area contributed by atoms with Gasteiger partial charge in [0.05, 0.1) is 25.0 Å². The summed E-state index contributed by atoms with van der Waals surface area (Å²) in [5, 5.41) is 3.00.